The Balaban J connectivity index is 1.85. The number of benzene rings is 2. The number of para-hydroxylation sites is 2. The molecule has 0 aliphatic heterocycles. The maximum absolute atomic E-state index is 13.1. The van der Waals surface area contributed by atoms with Gasteiger partial charge in [0, 0.05) is 11.1 Å². The van der Waals surface area contributed by atoms with Crippen LogP contribution in [-0.2, 0) is 9.59 Å². The van der Waals surface area contributed by atoms with Crippen molar-refractivity contribution >= 4 is 23.7 Å². The molecule has 0 aromatic heterocycles. The van der Waals surface area contributed by atoms with E-state index in [0.29, 0.717) is 24.0 Å². The maximum Gasteiger partial charge on any atom is 0.169 e. The number of aromatic hydroxyl groups is 2. The van der Waals surface area contributed by atoms with Crippen LogP contribution in [0.3, 0.4) is 0 Å². The zero-order chi connectivity index (χ0) is 20.0. The van der Waals surface area contributed by atoms with Crippen molar-refractivity contribution < 1.29 is 19.8 Å². The van der Waals surface area contributed by atoms with Crippen molar-refractivity contribution in [3.63, 3.8) is 0 Å². The van der Waals surface area contributed by atoms with E-state index in [2.05, 4.69) is 0 Å². The molecule has 2 aromatic carbocycles. The molecule has 1 fully saturated rings. The molecule has 3 rings (SSSR count). The number of allylic oxidation sites excluding steroid dienone is 2. The molecule has 0 bridgehead atoms. The second kappa shape index (κ2) is 8.70. The third-order valence-electron chi connectivity index (χ3n) is 5.35. The van der Waals surface area contributed by atoms with Gasteiger partial charge in [-0.1, -0.05) is 55.7 Å². The summed E-state index contributed by atoms with van der Waals surface area (Å²) in [6.45, 7) is 0. The Morgan fingerprint density at radius 1 is 0.714 bits per heavy atom. The zero-order valence-corrected chi connectivity index (χ0v) is 15.7. The average molecular weight is 376 g/mol. The largest absolute Gasteiger partial charge is 0.507 e. The first kappa shape index (κ1) is 19.6. The first-order valence-electron chi connectivity index (χ1n) is 9.54. The fourth-order valence-electron chi connectivity index (χ4n) is 3.68. The van der Waals surface area contributed by atoms with Crippen LogP contribution in [0.15, 0.2) is 60.7 Å². The second-order valence-electron chi connectivity index (χ2n) is 7.16. The summed E-state index contributed by atoms with van der Waals surface area (Å²) in [7, 11) is 0. The summed E-state index contributed by atoms with van der Waals surface area (Å²) < 4.78 is 0. The molecule has 2 aromatic rings. The highest BCUT2D eigenvalue weighted by Crippen LogP contribution is 2.39. The minimum atomic E-state index is -1.07. The van der Waals surface area contributed by atoms with Gasteiger partial charge in [0.25, 0.3) is 0 Å². The van der Waals surface area contributed by atoms with E-state index in [0.717, 1.165) is 19.3 Å². The SMILES string of the molecule is O=C(/C=C/c1ccccc1O)C1(C(=O)/C=C/c2ccccc2O)CCCCC1. The molecule has 0 radical (unpaired) electrons. The van der Waals surface area contributed by atoms with Crippen molar-refractivity contribution in [3.05, 3.63) is 71.8 Å². The van der Waals surface area contributed by atoms with Crippen molar-refractivity contribution in [2.45, 2.75) is 32.1 Å². The van der Waals surface area contributed by atoms with Crippen molar-refractivity contribution in [1.29, 1.82) is 0 Å². The summed E-state index contributed by atoms with van der Waals surface area (Å²) in [5, 5.41) is 19.8. The van der Waals surface area contributed by atoms with Crippen LogP contribution in [0.2, 0.25) is 0 Å². The highest BCUT2D eigenvalue weighted by Gasteiger charge is 2.43. The number of phenolic OH excluding ortho intramolecular Hbond substituents is 2. The van der Waals surface area contributed by atoms with Gasteiger partial charge in [0.1, 0.15) is 11.5 Å². The molecule has 144 valence electrons. The Kier molecular flexibility index (Phi) is 6.09. The number of ketones is 2. The van der Waals surface area contributed by atoms with E-state index in [-0.39, 0.29) is 23.1 Å². The summed E-state index contributed by atoms with van der Waals surface area (Å²) in [6.07, 6.45) is 9.63. The van der Waals surface area contributed by atoms with Crippen LogP contribution in [-0.4, -0.2) is 21.8 Å². The second-order valence-corrected chi connectivity index (χ2v) is 7.16. The van der Waals surface area contributed by atoms with Crippen molar-refractivity contribution in [2.24, 2.45) is 5.41 Å². The molecule has 4 nitrogen and oxygen atoms in total. The third-order valence-corrected chi connectivity index (χ3v) is 5.35. The number of hydrogen-bond acceptors (Lipinski definition) is 4. The average Bonchev–Trinajstić information content (AvgIpc) is 2.72. The van der Waals surface area contributed by atoms with Gasteiger partial charge in [-0.3, -0.25) is 9.59 Å². The molecule has 1 aliphatic carbocycles. The Morgan fingerprint density at radius 2 is 1.14 bits per heavy atom. The molecule has 0 amide bonds. The molecule has 0 unspecified atom stereocenters. The predicted molar refractivity (Wildman–Crippen MR) is 110 cm³/mol. The lowest BCUT2D eigenvalue weighted by molar-refractivity contribution is -0.137. The van der Waals surface area contributed by atoms with E-state index in [1.54, 1.807) is 60.7 Å². The van der Waals surface area contributed by atoms with Gasteiger partial charge in [-0.05, 0) is 49.3 Å². The first-order valence-corrected chi connectivity index (χ1v) is 9.54. The van der Waals surface area contributed by atoms with Crippen molar-refractivity contribution in [2.75, 3.05) is 0 Å². The minimum absolute atomic E-state index is 0.0926. The lowest BCUT2D eigenvalue weighted by Crippen LogP contribution is -2.39. The fourth-order valence-corrected chi connectivity index (χ4v) is 3.68. The topological polar surface area (TPSA) is 74.6 Å². The highest BCUT2D eigenvalue weighted by atomic mass is 16.3. The standard InChI is InChI=1S/C24H24O4/c25-20-10-4-2-8-18(20)12-14-22(27)24(16-6-1-7-17-24)23(28)15-13-19-9-3-5-11-21(19)26/h2-5,8-15,25-26H,1,6-7,16-17H2/b14-12+,15-13+. The molecule has 0 saturated heterocycles. The van der Waals surface area contributed by atoms with E-state index in [1.165, 1.54) is 12.2 Å². The monoisotopic (exact) mass is 376 g/mol. The molecule has 1 aliphatic rings. The van der Waals surface area contributed by atoms with Gasteiger partial charge in [0.05, 0.1) is 5.41 Å². The van der Waals surface area contributed by atoms with Gasteiger partial charge < -0.3 is 10.2 Å². The van der Waals surface area contributed by atoms with E-state index in [1.807, 2.05) is 0 Å². The van der Waals surface area contributed by atoms with E-state index < -0.39 is 5.41 Å². The Bertz CT molecular complexity index is 848. The van der Waals surface area contributed by atoms with Crippen LogP contribution < -0.4 is 0 Å². The number of phenols is 2. The lowest BCUT2D eigenvalue weighted by Gasteiger charge is -2.32. The van der Waals surface area contributed by atoms with Gasteiger partial charge in [0.2, 0.25) is 0 Å². The van der Waals surface area contributed by atoms with Crippen LogP contribution in [0.4, 0.5) is 0 Å². The van der Waals surface area contributed by atoms with Crippen LogP contribution >= 0.6 is 0 Å². The molecule has 0 heterocycles. The summed E-state index contributed by atoms with van der Waals surface area (Å²) in [6, 6.07) is 13.5. The number of carbonyl (C=O) groups excluding carboxylic acids is 2. The van der Waals surface area contributed by atoms with Crippen LogP contribution in [0.5, 0.6) is 11.5 Å². The predicted octanol–water partition coefficient (Wildman–Crippen LogP) is 4.91. The molecular formula is C24H24O4. The molecular weight excluding hydrogens is 352 g/mol. The van der Waals surface area contributed by atoms with Gasteiger partial charge in [-0.25, -0.2) is 0 Å². The highest BCUT2D eigenvalue weighted by molar-refractivity contribution is 6.17. The van der Waals surface area contributed by atoms with Crippen molar-refractivity contribution in [3.8, 4) is 11.5 Å². The number of rotatable bonds is 6. The van der Waals surface area contributed by atoms with Crippen LogP contribution in [0.1, 0.15) is 43.2 Å². The zero-order valence-electron chi connectivity index (χ0n) is 15.7. The van der Waals surface area contributed by atoms with Gasteiger partial charge in [-0.15, -0.1) is 0 Å². The van der Waals surface area contributed by atoms with E-state index in [4.69, 9.17) is 0 Å². The quantitative estimate of drug-likeness (QED) is 0.555. The van der Waals surface area contributed by atoms with E-state index >= 15 is 0 Å². The third kappa shape index (κ3) is 4.22. The van der Waals surface area contributed by atoms with E-state index in [9.17, 15) is 19.8 Å². The molecule has 4 heteroatoms. The Labute approximate surface area is 164 Å². The van der Waals surface area contributed by atoms with Crippen LogP contribution in [0, 0.1) is 5.41 Å². The number of hydrogen-bond donors (Lipinski definition) is 2. The summed E-state index contributed by atoms with van der Waals surface area (Å²) in [4.78, 5) is 26.1. The Hall–Kier alpha value is -3.14. The summed E-state index contributed by atoms with van der Waals surface area (Å²) in [5.74, 6) is -0.283. The molecule has 28 heavy (non-hydrogen) atoms. The molecule has 2 N–H and O–H groups in total. The van der Waals surface area contributed by atoms with Gasteiger partial charge in [-0.2, -0.15) is 0 Å². The fraction of sp³-hybridized carbons (Fsp3) is 0.250. The van der Waals surface area contributed by atoms with Crippen LogP contribution in [0.25, 0.3) is 12.2 Å². The maximum atomic E-state index is 13.1. The smallest absolute Gasteiger partial charge is 0.169 e. The Morgan fingerprint density at radius 3 is 1.57 bits per heavy atom. The van der Waals surface area contributed by atoms with Crippen molar-refractivity contribution in [1.82, 2.24) is 0 Å². The van der Waals surface area contributed by atoms with Gasteiger partial charge >= 0.3 is 0 Å². The van der Waals surface area contributed by atoms with Gasteiger partial charge in [0.15, 0.2) is 11.6 Å². The normalized spacial score (nSPS) is 16.4. The number of carbonyl (C=O) groups is 2. The summed E-state index contributed by atoms with van der Waals surface area (Å²) in [5.41, 5.74) is 0.0121. The molecule has 1 saturated carbocycles. The molecule has 0 spiro atoms. The lowest BCUT2D eigenvalue weighted by atomic mass is 9.68. The molecule has 0 atom stereocenters. The first-order chi connectivity index (χ1) is 13.5. The summed E-state index contributed by atoms with van der Waals surface area (Å²) >= 11 is 0. The minimum Gasteiger partial charge on any atom is -0.507 e.